The molecular weight excluding hydrogens is 268 g/mol. The van der Waals surface area contributed by atoms with Crippen molar-refractivity contribution in [2.45, 2.75) is 24.3 Å². The van der Waals surface area contributed by atoms with Crippen molar-refractivity contribution in [2.75, 3.05) is 13.7 Å². The van der Waals surface area contributed by atoms with E-state index in [-0.39, 0.29) is 16.4 Å². The van der Waals surface area contributed by atoms with Crippen LogP contribution in [0, 0.1) is 0 Å². The Morgan fingerprint density at radius 3 is 2.58 bits per heavy atom. The van der Waals surface area contributed by atoms with Crippen molar-refractivity contribution < 1.29 is 17.9 Å². The zero-order chi connectivity index (χ0) is 14.7. The smallest absolute Gasteiger partial charge is 0.251 e. The zero-order valence-corrected chi connectivity index (χ0v) is 12.0. The Labute approximate surface area is 113 Å². The lowest BCUT2D eigenvalue weighted by Gasteiger charge is -2.23. The third-order valence-corrected chi connectivity index (χ3v) is 3.56. The average Bonchev–Trinajstić information content (AvgIpc) is 2.35. The van der Waals surface area contributed by atoms with Crippen LogP contribution in [-0.4, -0.2) is 33.6 Å². The van der Waals surface area contributed by atoms with E-state index in [1.165, 1.54) is 24.3 Å². The van der Waals surface area contributed by atoms with Gasteiger partial charge in [0.05, 0.1) is 10.5 Å². The Hall–Kier alpha value is -1.44. The van der Waals surface area contributed by atoms with E-state index in [4.69, 9.17) is 9.88 Å². The van der Waals surface area contributed by atoms with Gasteiger partial charge < -0.3 is 10.1 Å². The van der Waals surface area contributed by atoms with E-state index >= 15 is 0 Å². The van der Waals surface area contributed by atoms with Gasteiger partial charge in [0.15, 0.2) is 0 Å². The van der Waals surface area contributed by atoms with Crippen molar-refractivity contribution in [3.8, 4) is 0 Å². The quantitative estimate of drug-likeness (QED) is 0.823. The average molecular weight is 286 g/mol. The molecule has 0 bridgehead atoms. The van der Waals surface area contributed by atoms with E-state index in [1.807, 2.05) is 13.8 Å². The second-order valence-corrected chi connectivity index (χ2v) is 6.28. The van der Waals surface area contributed by atoms with Gasteiger partial charge in [-0.15, -0.1) is 0 Å². The number of ether oxygens (including phenoxy) is 1. The predicted molar refractivity (Wildman–Crippen MR) is 71.2 cm³/mol. The van der Waals surface area contributed by atoms with E-state index in [0.29, 0.717) is 6.54 Å². The van der Waals surface area contributed by atoms with Crippen molar-refractivity contribution in [1.29, 1.82) is 0 Å². The number of methoxy groups -OCH3 is 1. The largest absolute Gasteiger partial charge is 0.377 e. The van der Waals surface area contributed by atoms with Crippen LogP contribution in [0.4, 0.5) is 0 Å². The van der Waals surface area contributed by atoms with Gasteiger partial charge in [0.2, 0.25) is 10.0 Å². The van der Waals surface area contributed by atoms with Gasteiger partial charge in [0, 0.05) is 19.2 Å². The number of carbonyl (C=O) groups is 1. The standard InChI is InChI=1S/C12H18N2O4S/c1-12(2,18-3)8-14-11(15)9-5-4-6-10(7-9)19(13,16)17/h4-7H,8H2,1-3H3,(H,14,15)(H2,13,16,17). The second-order valence-electron chi connectivity index (χ2n) is 4.72. The summed E-state index contributed by atoms with van der Waals surface area (Å²) in [5, 5.41) is 7.68. The Morgan fingerprint density at radius 1 is 1.42 bits per heavy atom. The summed E-state index contributed by atoms with van der Waals surface area (Å²) in [6.45, 7) is 3.96. The van der Waals surface area contributed by atoms with Crippen LogP contribution >= 0.6 is 0 Å². The molecule has 0 radical (unpaired) electrons. The first-order chi connectivity index (χ1) is 8.65. The lowest BCUT2D eigenvalue weighted by molar-refractivity contribution is 0.0228. The third-order valence-electron chi connectivity index (χ3n) is 2.65. The van der Waals surface area contributed by atoms with Crippen LogP contribution in [0.3, 0.4) is 0 Å². The van der Waals surface area contributed by atoms with E-state index in [2.05, 4.69) is 5.32 Å². The summed E-state index contributed by atoms with van der Waals surface area (Å²) in [6.07, 6.45) is 0. The molecule has 0 aromatic heterocycles. The lowest BCUT2D eigenvalue weighted by atomic mass is 10.1. The van der Waals surface area contributed by atoms with Gasteiger partial charge in [0.1, 0.15) is 0 Å². The summed E-state index contributed by atoms with van der Waals surface area (Å²) in [6, 6.07) is 5.57. The molecule has 0 unspecified atom stereocenters. The van der Waals surface area contributed by atoms with Gasteiger partial charge in [-0.05, 0) is 32.0 Å². The van der Waals surface area contributed by atoms with E-state index in [0.717, 1.165) is 0 Å². The molecule has 0 spiro atoms. The number of sulfonamides is 1. The molecule has 1 rings (SSSR count). The lowest BCUT2D eigenvalue weighted by Crippen LogP contribution is -2.39. The molecule has 19 heavy (non-hydrogen) atoms. The normalized spacial score (nSPS) is 12.2. The van der Waals surface area contributed by atoms with Crippen molar-refractivity contribution in [3.63, 3.8) is 0 Å². The number of carbonyl (C=O) groups excluding carboxylic acids is 1. The Morgan fingerprint density at radius 2 is 2.05 bits per heavy atom. The van der Waals surface area contributed by atoms with Gasteiger partial charge in [-0.3, -0.25) is 4.79 Å². The maximum atomic E-state index is 11.9. The molecule has 3 N–H and O–H groups in total. The van der Waals surface area contributed by atoms with Crippen molar-refractivity contribution in [2.24, 2.45) is 5.14 Å². The second kappa shape index (κ2) is 5.68. The van der Waals surface area contributed by atoms with Gasteiger partial charge in [-0.25, -0.2) is 13.6 Å². The Kier molecular flexibility index (Phi) is 4.67. The number of primary sulfonamides is 1. The molecule has 106 valence electrons. The molecule has 0 aliphatic rings. The molecule has 0 aliphatic heterocycles. The molecule has 0 heterocycles. The SMILES string of the molecule is COC(C)(C)CNC(=O)c1cccc(S(N)(=O)=O)c1. The Bertz CT molecular complexity index is 567. The zero-order valence-electron chi connectivity index (χ0n) is 11.1. The van der Waals surface area contributed by atoms with Gasteiger partial charge in [-0.1, -0.05) is 6.07 Å². The molecule has 1 aromatic carbocycles. The minimum absolute atomic E-state index is 0.0915. The number of nitrogens with two attached hydrogens (primary N) is 1. The first kappa shape index (κ1) is 15.6. The summed E-state index contributed by atoms with van der Waals surface area (Å²) in [4.78, 5) is 11.8. The maximum Gasteiger partial charge on any atom is 0.251 e. The van der Waals surface area contributed by atoms with E-state index in [1.54, 1.807) is 7.11 Å². The molecule has 1 aromatic rings. The highest BCUT2D eigenvalue weighted by molar-refractivity contribution is 7.89. The summed E-state index contributed by atoms with van der Waals surface area (Å²) in [5.74, 6) is -0.379. The number of rotatable bonds is 5. The first-order valence-electron chi connectivity index (χ1n) is 5.62. The minimum Gasteiger partial charge on any atom is -0.377 e. The molecule has 0 saturated heterocycles. The Balaban J connectivity index is 2.84. The van der Waals surface area contributed by atoms with Crippen LogP contribution in [-0.2, 0) is 14.8 Å². The van der Waals surface area contributed by atoms with Crippen LogP contribution in [0.2, 0.25) is 0 Å². The highest BCUT2D eigenvalue weighted by Gasteiger charge is 2.18. The summed E-state index contributed by atoms with van der Waals surface area (Å²) >= 11 is 0. The highest BCUT2D eigenvalue weighted by Crippen LogP contribution is 2.10. The molecule has 0 aliphatic carbocycles. The van der Waals surface area contributed by atoms with E-state index in [9.17, 15) is 13.2 Å². The number of benzene rings is 1. The van der Waals surface area contributed by atoms with Crippen molar-refractivity contribution in [1.82, 2.24) is 5.32 Å². The first-order valence-corrected chi connectivity index (χ1v) is 7.16. The predicted octanol–water partition coefficient (Wildman–Crippen LogP) is 0.489. The fourth-order valence-electron chi connectivity index (χ4n) is 1.28. The van der Waals surface area contributed by atoms with Crippen LogP contribution in [0.25, 0.3) is 0 Å². The number of nitrogens with one attached hydrogen (secondary N) is 1. The van der Waals surface area contributed by atoms with Gasteiger partial charge in [-0.2, -0.15) is 0 Å². The van der Waals surface area contributed by atoms with Crippen LogP contribution in [0.15, 0.2) is 29.2 Å². The number of amides is 1. The third kappa shape index (κ3) is 4.62. The molecule has 1 amide bonds. The van der Waals surface area contributed by atoms with E-state index < -0.39 is 15.6 Å². The summed E-state index contributed by atoms with van der Waals surface area (Å²) < 4.78 is 27.6. The molecule has 0 fully saturated rings. The summed E-state index contributed by atoms with van der Waals surface area (Å²) in [7, 11) is -2.26. The monoisotopic (exact) mass is 286 g/mol. The number of hydrogen-bond acceptors (Lipinski definition) is 4. The molecule has 0 saturated carbocycles. The topological polar surface area (TPSA) is 98.5 Å². The fraction of sp³-hybridized carbons (Fsp3) is 0.417. The van der Waals surface area contributed by atoms with Crippen molar-refractivity contribution >= 4 is 15.9 Å². The molecular formula is C12H18N2O4S. The number of hydrogen-bond donors (Lipinski definition) is 2. The molecule has 7 heteroatoms. The highest BCUT2D eigenvalue weighted by atomic mass is 32.2. The van der Waals surface area contributed by atoms with Gasteiger partial charge >= 0.3 is 0 Å². The van der Waals surface area contributed by atoms with Gasteiger partial charge in [0.25, 0.3) is 5.91 Å². The van der Waals surface area contributed by atoms with Crippen LogP contribution in [0.5, 0.6) is 0 Å². The summed E-state index contributed by atoms with van der Waals surface area (Å²) in [5.41, 5.74) is -0.258. The molecule has 0 atom stereocenters. The van der Waals surface area contributed by atoms with Crippen LogP contribution in [0.1, 0.15) is 24.2 Å². The minimum atomic E-state index is -3.81. The van der Waals surface area contributed by atoms with Crippen molar-refractivity contribution in [3.05, 3.63) is 29.8 Å². The van der Waals surface area contributed by atoms with Crippen LogP contribution < -0.4 is 10.5 Å². The maximum absolute atomic E-state index is 11.9. The molecule has 6 nitrogen and oxygen atoms in total. The fourth-order valence-corrected chi connectivity index (χ4v) is 1.84.